The second-order valence-corrected chi connectivity index (χ2v) is 7.97. The summed E-state index contributed by atoms with van der Waals surface area (Å²) in [6.45, 7) is 6.65. The van der Waals surface area contributed by atoms with E-state index in [9.17, 15) is 23.5 Å². The maximum absolute atomic E-state index is 14.0. The van der Waals surface area contributed by atoms with Crippen LogP contribution in [0.4, 0.5) is 14.5 Å². The number of halogens is 2. The fraction of sp³-hybridized carbons (Fsp3) is 0.333. The molecule has 3 rings (SSSR count). The molecule has 31 heavy (non-hydrogen) atoms. The van der Waals surface area contributed by atoms with Gasteiger partial charge < -0.3 is 25.0 Å². The number of furan rings is 2. The van der Waals surface area contributed by atoms with Gasteiger partial charge in [0, 0.05) is 18.2 Å². The second kappa shape index (κ2) is 8.48. The highest BCUT2D eigenvalue weighted by molar-refractivity contribution is 6.13. The standard InChI is InChI=1S/C21H23F2N3O5/c1-21(2,3)26(6-7-27)10-12-4-5-15(30-12)20(29)25-16-13-8-11(22)9-14(23)17(13)31-18(16)19(24)28/h4-5,8-9,27H,6-7,10H2,1-3H3,(H2,24,28)(H,25,29). The molecule has 0 saturated heterocycles. The lowest BCUT2D eigenvalue weighted by atomic mass is 10.1. The summed E-state index contributed by atoms with van der Waals surface area (Å²) in [6.07, 6.45) is 0. The summed E-state index contributed by atoms with van der Waals surface area (Å²) in [5, 5.41) is 11.5. The van der Waals surface area contributed by atoms with Crippen LogP contribution in [0.3, 0.4) is 0 Å². The number of rotatable bonds is 7. The van der Waals surface area contributed by atoms with Gasteiger partial charge in [-0.25, -0.2) is 8.78 Å². The number of primary amides is 1. The molecule has 0 unspecified atom stereocenters. The molecule has 2 aromatic heterocycles. The third-order valence-corrected chi connectivity index (χ3v) is 4.72. The van der Waals surface area contributed by atoms with Crippen molar-refractivity contribution in [3.8, 4) is 0 Å². The van der Waals surface area contributed by atoms with Crippen LogP contribution in [0.25, 0.3) is 11.0 Å². The molecule has 2 heterocycles. The van der Waals surface area contributed by atoms with E-state index in [1.807, 2.05) is 25.7 Å². The molecular weight excluding hydrogens is 412 g/mol. The minimum absolute atomic E-state index is 0.0398. The Balaban J connectivity index is 1.88. The van der Waals surface area contributed by atoms with Crippen LogP contribution in [0.15, 0.2) is 33.1 Å². The second-order valence-electron chi connectivity index (χ2n) is 7.97. The molecule has 0 atom stereocenters. The lowest BCUT2D eigenvalue weighted by Gasteiger charge is -2.34. The van der Waals surface area contributed by atoms with Gasteiger partial charge in [0.15, 0.2) is 17.2 Å². The molecule has 0 spiro atoms. The van der Waals surface area contributed by atoms with Crippen molar-refractivity contribution in [3.63, 3.8) is 0 Å². The van der Waals surface area contributed by atoms with E-state index in [-0.39, 0.29) is 29.0 Å². The largest absolute Gasteiger partial charge is 0.455 e. The Morgan fingerprint density at radius 1 is 1.19 bits per heavy atom. The Bertz CT molecular complexity index is 1130. The molecule has 10 heteroatoms. The highest BCUT2D eigenvalue weighted by Gasteiger charge is 2.26. The van der Waals surface area contributed by atoms with Crippen LogP contribution in [0.1, 0.15) is 47.6 Å². The van der Waals surface area contributed by atoms with Crippen LogP contribution in [0.5, 0.6) is 0 Å². The first-order valence-corrected chi connectivity index (χ1v) is 9.48. The molecule has 0 radical (unpaired) electrons. The van der Waals surface area contributed by atoms with Gasteiger partial charge in [-0.15, -0.1) is 0 Å². The van der Waals surface area contributed by atoms with Crippen molar-refractivity contribution in [1.29, 1.82) is 0 Å². The number of carbonyl (C=O) groups is 2. The minimum Gasteiger partial charge on any atom is -0.455 e. The molecule has 0 fully saturated rings. The van der Waals surface area contributed by atoms with Crippen LogP contribution in [-0.4, -0.2) is 40.5 Å². The fourth-order valence-corrected chi connectivity index (χ4v) is 3.14. The third kappa shape index (κ3) is 4.75. The number of aliphatic hydroxyl groups excluding tert-OH is 1. The van der Waals surface area contributed by atoms with E-state index < -0.39 is 34.8 Å². The molecule has 4 N–H and O–H groups in total. The van der Waals surface area contributed by atoms with E-state index in [1.54, 1.807) is 6.07 Å². The van der Waals surface area contributed by atoms with Crippen LogP contribution >= 0.6 is 0 Å². The zero-order chi connectivity index (χ0) is 22.9. The van der Waals surface area contributed by atoms with Crippen molar-refractivity contribution in [2.24, 2.45) is 5.73 Å². The van der Waals surface area contributed by atoms with Gasteiger partial charge >= 0.3 is 0 Å². The topological polar surface area (TPSA) is 122 Å². The summed E-state index contributed by atoms with van der Waals surface area (Å²) in [5.74, 6) is -3.90. The number of benzene rings is 1. The summed E-state index contributed by atoms with van der Waals surface area (Å²) in [5.41, 5.74) is 4.35. The summed E-state index contributed by atoms with van der Waals surface area (Å²) < 4.78 is 38.4. The van der Waals surface area contributed by atoms with Crippen molar-refractivity contribution < 1.29 is 32.3 Å². The SMILES string of the molecule is CC(C)(C)N(CCO)Cc1ccc(C(=O)Nc2c(C(N)=O)oc3c(F)cc(F)cc23)o1. The van der Waals surface area contributed by atoms with Gasteiger partial charge in [0.25, 0.3) is 11.8 Å². The number of β-amino-alcohol motifs (C(OH)–C–C–N with tert-alkyl or cyclic N) is 1. The van der Waals surface area contributed by atoms with E-state index in [0.717, 1.165) is 6.07 Å². The fourth-order valence-electron chi connectivity index (χ4n) is 3.14. The number of aliphatic hydroxyl groups is 1. The van der Waals surface area contributed by atoms with Crippen molar-refractivity contribution >= 4 is 28.5 Å². The van der Waals surface area contributed by atoms with Gasteiger partial charge in [-0.3, -0.25) is 14.5 Å². The molecule has 1 aromatic carbocycles. The lowest BCUT2D eigenvalue weighted by Crippen LogP contribution is -2.42. The molecule has 0 bridgehead atoms. The zero-order valence-electron chi connectivity index (χ0n) is 17.3. The molecule has 0 aliphatic carbocycles. The van der Waals surface area contributed by atoms with Gasteiger partial charge in [0.2, 0.25) is 5.76 Å². The minimum atomic E-state index is -1.06. The van der Waals surface area contributed by atoms with Crippen LogP contribution < -0.4 is 11.1 Å². The first kappa shape index (κ1) is 22.4. The number of nitrogens with zero attached hydrogens (tertiary/aromatic N) is 1. The molecule has 166 valence electrons. The monoisotopic (exact) mass is 435 g/mol. The Morgan fingerprint density at radius 3 is 2.52 bits per heavy atom. The summed E-state index contributed by atoms with van der Waals surface area (Å²) in [4.78, 5) is 26.3. The van der Waals surface area contributed by atoms with Crippen molar-refractivity contribution in [3.05, 3.63) is 53.2 Å². The maximum atomic E-state index is 14.0. The lowest BCUT2D eigenvalue weighted by molar-refractivity contribution is 0.0884. The van der Waals surface area contributed by atoms with Gasteiger partial charge in [0.1, 0.15) is 17.3 Å². The molecule has 8 nitrogen and oxygen atoms in total. The molecule has 0 aliphatic rings. The van der Waals surface area contributed by atoms with E-state index in [4.69, 9.17) is 14.6 Å². The number of hydrogen-bond donors (Lipinski definition) is 3. The molecule has 0 aliphatic heterocycles. The number of fused-ring (bicyclic) bond motifs is 1. The van der Waals surface area contributed by atoms with E-state index in [1.165, 1.54) is 6.07 Å². The third-order valence-electron chi connectivity index (χ3n) is 4.72. The number of carbonyl (C=O) groups excluding carboxylic acids is 2. The van der Waals surface area contributed by atoms with E-state index >= 15 is 0 Å². The predicted octanol–water partition coefficient (Wildman–Crippen LogP) is 3.25. The Kier molecular flexibility index (Phi) is 6.14. The predicted molar refractivity (Wildman–Crippen MR) is 109 cm³/mol. The summed E-state index contributed by atoms with van der Waals surface area (Å²) in [7, 11) is 0. The quantitative estimate of drug-likeness (QED) is 0.524. The average Bonchev–Trinajstić information content (AvgIpc) is 3.26. The van der Waals surface area contributed by atoms with Crippen LogP contribution in [-0.2, 0) is 6.54 Å². The van der Waals surface area contributed by atoms with Gasteiger partial charge in [-0.1, -0.05) is 0 Å². The van der Waals surface area contributed by atoms with Crippen LogP contribution in [0.2, 0.25) is 0 Å². The van der Waals surface area contributed by atoms with Gasteiger partial charge in [0.05, 0.1) is 18.5 Å². The van der Waals surface area contributed by atoms with Gasteiger partial charge in [-0.2, -0.15) is 0 Å². The number of nitrogens with two attached hydrogens (primary N) is 1. The van der Waals surface area contributed by atoms with E-state index in [0.29, 0.717) is 24.9 Å². The number of hydrogen-bond acceptors (Lipinski definition) is 6. The number of anilines is 1. The van der Waals surface area contributed by atoms with E-state index in [2.05, 4.69) is 5.32 Å². The Labute approximate surface area is 176 Å². The van der Waals surface area contributed by atoms with Gasteiger partial charge in [-0.05, 0) is 39.0 Å². The first-order valence-electron chi connectivity index (χ1n) is 9.48. The average molecular weight is 435 g/mol. The molecule has 3 aromatic rings. The number of amides is 2. The molecule has 0 saturated carbocycles. The normalized spacial score (nSPS) is 12.0. The highest BCUT2D eigenvalue weighted by Crippen LogP contribution is 2.33. The summed E-state index contributed by atoms with van der Waals surface area (Å²) >= 11 is 0. The summed E-state index contributed by atoms with van der Waals surface area (Å²) in [6, 6.07) is 4.55. The molecule has 2 amide bonds. The van der Waals surface area contributed by atoms with Crippen LogP contribution in [0, 0.1) is 11.6 Å². The van der Waals surface area contributed by atoms with Crippen molar-refractivity contribution in [2.45, 2.75) is 32.9 Å². The zero-order valence-corrected chi connectivity index (χ0v) is 17.3. The van der Waals surface area contributed by atoms with Crippen molar-refractivity contribution in [2.75, 3.05) is 18.5 Å². The molecular formula is C21H23F2N3O5. The maximum Gasteiger partial charge on any atom is 0.291 e. The smallest absolute Gasteiger partial charge is 0.291 e. The highest BCUT2D eigenvalue weighted by atomic mass is 19.1. The van der Waals surface area contributed by atoms with Crippen molar-refractivity contribution in [1.82, 2.24) is 4.90 Å². The Morgan fingerprint density at radius 2 is 1.90 bits per heavy atom. The number of nitrogens with one attached hydrogen (secondary N) is 1. The Hall–Kier alpha value is -3.24. The first-order chi connectivity index (χ1) is 14.5.